The number of rotatable bonds is 3. The average molecular weight is 309 g/mol. The maximum atomic E-state index is 12.8. The smallest absolute Gasteiger partial charge is 0.418 e. The first-order chi connectivity index (χ1) is 10.4. The summed E-state index contributed by atoms with van der Waals surface area (Å²) in [6.07, 6.45) is -5.21. The third kappa shape index (κ3) is 3.58. The highest BCUT2D eigenvalue weighted by molar-refractivity contribution is 5.96. The van der Waals surface area contributed by atoms with Crippen molar-refractivity contribution in [3.8, 4) is 0 Å². The minimum Gasteiger partial charge on any atom is -0.449 e. The molecule has 0 spiro atoms. The Morgan fingerprint density at radius 2 is 1.68 bits per heavy atom. The molecule has 1 amide bonds. The van der Waals surface area contributed by atoms with E-state index in [-0.39, 0.29) is 12.3 Å². The zero-order chi connectivity index (χ0) is 16.2. The number of carbonyl (C=O) groups excluding carboxylic acids is 1. The van der Waals surface area contributed by atoms with E-state index >= 15 is 0 Å². The van der Waals surface area contributed by atoms with Gasteiger partial charge in [-0.2, -0.15) is 13.2 Å². The van der Waals surface area contributed by atoms with Gasteiger partial charge in [0.05, 0.1) is 23.5 Å². The molecule has 2 rings (SSSR count). The second kappa shape index (κ2) is 6.51. The van der Waals surface area contributed by atoms with Crippen molar-refractivity contribution in [2.75, 3.05) is 11.5 Å². The molecule has 22 heavy (non-hydrogen) atoms. The zero-order valence-electron chi connectivity index (χ0n) is 11.8. The summed E-state index contributed by atoms with van der Waals surface area (Å²) in [6.45, 7) is 1.76. The lowest BCUT2D eigenvalue weighted by atomic mass is 10.1. The lowest BCUT2D eigenvalue weighted by molar-refractivity contribution is -0.137. The molecule has 3 nitrogen and oxygen atoms in total. The van der Waals surface area contributed by atoms with E-state index in [0.717, 1.165) is 17.0 Å². The first-order valence-corrected chi connectivity index (χ1v) is 6.62. The van der Waals surface area contributed by atoms with E-state index in [4.69, 9.17) is 4.74 Å². The van der Waals surface area contributed by atoms with Gasteiger partial charge in [-0.15, -0.1) is 0 Å². The molecule has 0 heterocycles. The van der Waals surface area contributed by atoms with Crippen molar-refractivity contribution in [1.82, 2.24) is 0 Å². The Balaban J connectivity index is 2.48. The first-order valence-electron chi connectivity index (χ1n) is 6.62. The molecular weight excluding hydrogens is 295 g/mol. The van der Waals surface area contributed by atoms with Gasteiger partial charge in [-0.25, -0.2) is 9.69 Å². The number of nitrogens with zero attached hydrogens (tertiary/aromatic N) is 1. The first kappa shape index (κ1) is 15.9. The predicted molar refractivity (Wildman–Crippen MR) is 77.0 cm³/mol. The molecule has 0 atom stereocenters. The number of anilines is 2. The van der Waals surface area contributed by atoms with Crippen molar-refractivity contribution in [3.05, 3.63) is 60.2 Å². The van der Waals surface area contributed by atoms with Crippen molar-refractivity contribution in [3.63, 3.8) is 0 Å². The Bertz CT molecular complexity index is 641. The van der Waals surface area contributed by atoms with Crippen LogP contribution in [0.4, 0.5) is 29.3 Å². The fourth-order valence-corrected chi connectivity index (χ4v) is 1.95. The highest BCUT2D eigenvalue weighted by atomic mass is 19.4. The maximum absolute atomic E-state index is 12.8. The van der Waals surface area contributed by atoms with Crippen LogP contribution in [-0.2, 0) is 10.9 Å². The van der Waals surface area contributed by atoms with E-state index in [2.05, 4.69) is 0 Å². The van der Waals surface area contributed by atoms with Crippen molar-refractivity contribution in [1.29, 1.82) is 0 Å². The van der Waals surface area contributed by atoms with Crippen molar-refractivity contribution in [2.45, 2.75) is 13.1 Å². The maximum Gasteiger partial charge on any atom is 0.418 e. The second-order valence-corrected chi connectivity index (χ2v) is 4.42. The number of ether oxygens (including phenoxy) is 1. The summed E-state index contributed by atoms with van der Waals surface area (Å²) >= 11 is 0. The van der Waals surface area contributed by atoms with E-state index in [1.807, 2.05) is 0 Å². The monoisotopic (exact) mass is 309 g/mol. The van der Waals surface area contributed by atoms with Gasteiger partial charge in [0.15, 0.2) is 0 Å². The van der Waals surface area contributed by atoms with Gasteiger partial charge in [0.2, 0.25) is 0 Å². The SMILES string of the molecule is CCOC(=O)N(c1ccccc1)c1cccc(C(F)(F)F)c1. The summed E-state index contributed by atoms with van der Waals surface area (Å²) in [7, 11) is 0. The quantitative estimate of drug-likeness (QED) is 0.798. The van der Waals surface area contributed by atoms with Crippen LogP contribution >= 0.6 is 0 Å². The molecule has 2 aromatic rings. The van der Waals surface area contributed by atoms with Crippen LogP contribution < -0.4 is 4.90 Å². The molecule has 0 radical (unpaired) electrons. The fraction of sp³-hybridized carbons (Fsp3) is 0.188. The van der Waals surface area contributed by atoms with Gasteiger partial charge in [-0.3, -0.25) is 0 Å². The Morgan fingerprint density at radius 3 is 2.27 bits per heavy atom. The summed E-state index contributed by atoms with van der Waals surface area (Å²) in [4.78, 5) is 13.2. The Kier molecular flexibility index (Phi) is 4.70. The van der Waals surface area contributed by atoms with Crippen molar-refractivity contribution in [2.24, 2.45) is 0 Å². The third-order valence-corrected chi connectivity index (χ3v) is 2.90. The standard InChI is InChI=1S/C16H14F3NO2/c1-2-22-15(21)20(13-8-4-3-5-9-13)14-10-6-7-12(11-14)16(17,18)19/h3-11H,2H2,1H3. The van der Waals surface area contributed by atoms with Crippen LogP contribution in [0, 0.1) is 0 Å². The Morgan fingerprint density at radius 1 is 1.05 bits per heavy atom. The van der Waals surface area contributed by atoms with Crippen LogP contribution in [0.5, 0.6) is 0 Å². The molecule has 0 aliphatic heterocycles. The predicted octanol–water partition coefficient (Wildman–Crippen LogP) is 5.00. The van der Waals surface area contributed by atoms with Gasteiger partial charge < -0.3 is 4.74 Å². The van der Waals surface area contributed by atoms with Gasteiger partial charge in [0.1, 0.15) is 0 Å². The third-order valence-electron chi connectivity index (χ3n) is 2.90. The normalized spacial score (nSPS) is 11.1. The molecule has 6 heteroatoms. The largest absolute Gasteiger partial charge is 0.449 e. The number of benzene rings is 2. The Hall–Kier alpha value is -2.50. The summed E-state index contributed by atoms with van der Waals surface area (Å²) in [5.74, 6) is 0. The number of alkyl halides is 3. The highest BCUT2D eigenvalue weighted by Gasteiger charge is 2.31. The number of amides is 1. The van der Waals surface area contributed by atoms with E-state index in [9.17, 15) is 18.0 Å². The summed E-state index contributed by atoms with van der Waals surface area (Å²) < 4.78 is 43.5. The van der Waals surface area contributed by atoms with Crippen LogP contribution in [0.25, 0.3) is 0 Å². The molecule has 0 N–H and O–H groups in total. The van der Waals surface area contributed by atoms with Gasteiger partial charge in [0, 0.05) is 0 Å². The number of halogens is 3. The van der Waals surface area contributed by atoms with Crippen LogP contribution in [-0.4, -0.2) is 12.7 Å². The van der Waals surface area contributed by atoms with E-state index < -0.39 is 17.8 Å². The summed E-state index contributed by atoms with van der Waals surface area (Å²) in [6, 6.07) is 12.9. The molecule has 0 aliphatic carbocycles. The molecule has 0 aliphatic rings. The molecule has 2 aromatic carbocycles. The fourth-order valence-electron chi connectivity index (χ4n) is 1.95. The van der Waals surface area contributed by atoms with Crippen LogP contribution in [0.3, 0.4) is 0 Å². The molecule has 0 saturated carbocycles. The minimum absolute atomic E-state index is 0.0967. The molecule has 0 unspecified atom stereocenters. The number of carbonyl (C=O) groups is 1. The molecule has 0 saturated heterocycles. The molecule has 0 fully saturated rings. The Labute approximate surface area is 125 Å². The molecule has 0 bridgehead atoms. The second-order valence-electron chi connectivity index (χ2n) is 4.42. The van der Waals surface area contributed by atoms with Crippen LogP contribution in [0.1, 0.15) is 12.5 Å². The van der Waals surface area contributed by atoms with Gasteiger partial charge >= 0.3 is 12.3 Å². The lowest BCUT2D eigenvalue weighted by Crippen LogP contribution is -2.27. The highest BCUT2D eigenvalue weighted by Crippen LogP contribution is 2.34. The number of hydrogen-bond donors (Lipinski definition) is 0. The zero-order valence-corrected chi connectivity index (χ0v) is 11.8. The molecule has 116 valence electrons. The average Bonchev–Trinajstić information content (AvgIpc) is 2.48. The summed E-state index contributed by atoms with van der Waals surface area (Å²) in [5, 5.41) is 0. The van der Waals surface area contributed by atoms with E-state index in [1.54, 1.807) is 37.3 Å². The lowest BCUT2D eigenvalue weighted by Gasteiger charge is -2.23. The number of hydrogen-bond acceptors (Lipinski definition) is 2. The molecule has 0 aromatic heterocycles. The minimum atomic E-state index is -4.48. The van der Waals surface area contributed by atoms with Crippen molar-refractivity contribution >= 4 is 17.5 Å². The summed E-state index contributed by atoms with van der Waals surface area (Å²) in [5.41, 5.74) is -0.296. The van der Waals surface area contributed by atoms with Crippen LogP contribution in [0.15, 0.2) is 54.6 Å². The number of para-hydroxylation sites is 1. The van der Waals surface area contributed by atoms with Crippen molar-refractivity contribution < 1.29 is 22.7 Å². The molecular formula is C16H14F3NO2. The van der Waals surface area contributed by atoms with Gasteiger partial charge in [-0.05, 0) is 37.3 Å². The van der Waals surface area contributed by atoms with Gasteiger partial charge in [-0.1, -0.05) is 24.3 Å². The van der Waals surface area contributed by atoms with Gasteiger partial charge in [0.25, 0.3) is 0 Å². The topological polar surface area (TPSA) is 29.5 Å². The van der Waals surface area contributed by atoms with E-state index in [0.29, 0.717) is 5.69 Å². The van der Waals surface area contributed by atoms with E-state index in [1.165, 1.54) is 12.1 Å². The van der Waals surface area contributed by atoms with Crippen LogP contribution in [0.2, 0.25) is 0 Å².